The molecule has 0 aliphatic rings. The Bertz CT molecular complexity index is 952. The summed E-state index contributed by atoms with van der Waals surface area (Å²) in [6, 6.07) is 12.2. The van der Waals surface area contributed by atoms with Gasteiger partial charge in [0.1, 0.15) is 5.82 Å². The summed E-state index contributed by atoms with van der Waals surface area (Å²) in [5.74, 6) is 0.324. The highest BCUT2D eigenvalue weighted by atomic mass is 19.1. The Morgan fingerprint density at radius 1 is 1.09 bits per heavy atom. The second kappa shape index (κ2) is 4.77. The van der Waals surface area contributed by atoms with Crippen molar-refractivity contribution in [2.45, 2.75) is 6.92 Å². The van der Waals surface area contributed by atoms with Crippen molar-refractivity contribution in [2.24, 2.45) is 0 Å². The van der Waals surface area contributed by atoms with Crippen molar-refractivity contribution >= 4 is 10.9 Å². The monoisotopic (exact) mass is 293 g/mol. The van der Waals surface area contributed by atoms with E-state index < -0.39 is 0 Å². The van der Waals surface area contributed by atoms with Crippen molar-refractivity contribution in [3.8, 4) is 17.1 Å². The number of aromatic amines is 1. The number of tetrazole rings is 1. The molecule has 2 aromatic heterocycles. The van der Waals surface area contributed by atoms with Crippen LogP contribution in [-0.2, 0) is 0 Å². The van der Waals surface area contributed by atoms with Gasteiger partial charge in [-0.1, -0.05) is 11.6 Å². The first-order valence-corrected chi connectivity index (χ1v) is 6.85. The van der Waals surface area contributed by atoms with Gasteiger partial charge in [-0.25, -0.2) is 4.39 Å². The number of hydrogen-bond acceptors (Lipinski definition) is 3. The van der Waals surface area contributed by atoms with Gasteiger partial charge in [-0.15, -0.1) is 5.10 Å². The lowest BCUT2D eigenvalue weighted by molar-refractivity contribution is 0.627. The lowest BCUT2D eigenvalue weighted by atomic mass is 10.1. The molecule has 1 N–H and O–H groups in total. The average Bonchev–Trinajstić information content (AvgIpc) is 3.13. The average molecular weight is 293 g/mol. The molecule has 0 fully saturated rings. The summed E-state index contributed by atoms with van der Waals surface area (Å²) in [6.45, 7) is 2.04. The molecule has 4 aromatic rings. The smallest absolute Gasteiger partial charge is 0.189 e. The van der Waals surface area contributed by atoms with Crippen molar-refractivity contribution < 1.29 is 4.39 Å². The fraction of sp³-hybridized carbons (Fsp3) is 0.0625. The molecule has 0 aliphatic heterocycles. The normalized spacial score (nSPS) is 11.2. The minimum absolute atomic E-state index is 0.291. The Kier molecular flexibility index (Phi) is 2.75. The van der Waals surface area contributed by atoms with Crippen LogP contribution in [0.2, 0.25) is 0 Å². The van der Waals surface area contributed by atoms with Gasteiger partial charge in [0, 0.05) is 22.7 Å². The van der Waals surface area contributed by atoms with Gasteiger partial charge < -0.3 is 4.98 Å². The molecule has 0 aliphatic carbocycles. The Hall–Kier alpha value is -3.02. The summed E-state index contributed by atoms with van der Waals surface area (Å²) in [5.41, 5.74) is 3.81. The fourth-order valence-electron chi connectivity index (χ4n) is 2.53. The molecular weight excluding hydrogens is 281 g/mol. The van der Waals surface area contributed by atoms with Crippen LogP contribution in [0.15, 0.2) is 48.7 Å². The van der Waals surface area contributed by atoms with Crippen LogP contribution in [0.3, 0.4) is 0 Å². The summed E-state index contributed by atoms with van der Waals surface area (Å²) in [6.07, 6.45) is 1.88. The van der Waals surface area contributed by atoms with E-state index in [1.54, 1.807) is 16.8 Å². The van der Waals surface area contributed by atoms with E-state index in [1.807, 2.05) is 25.3 Å². The SMILES string of the molecule is Cc1ccc2[nH]cc(-c3nnnn3-c3ccc(F)cc3)c2c1. The second-order valence-corrected chi connectivity index (χ2v) is 5.14. The number of benzene rings is 2. The molecule has 2 heterocycles. The summed E-state index contributed by atoms with van der Waals surface area (Å²) >= 11 is 0. The molecule has 0 unspecified atom stereocenters. The van der Waals surface area contributed by atoms with Crippen LogP contribution in [0.1, 0.15) is 5.56 Å². The van der Waals surface area contributed by atoms with Crippen LogP contribution in [-0.4, -0.2) is 25.2 Å². The molecule has 4 rings (SSSR count). The molecule has 2 aromatic carbocycles. The maximum absolute atomic E-state index is 13.1. The number of halogens is 1. The lowest BCUT2D eigenvalue weighted by Gasteiger charge is -2.04. The van der Waals surface area contributed by atoms with Gasteiger partial charge in [0.05, 0.1) is 5.69 Å². The first-order valence-electron chi connectivity index (χ1n) is 6.85. The highest BCUT2D eigenvalue weighted by Gasteiger charge is 2.15. The number of nitrogens with one attached hydrogen (secondary N) is 1. The summed E-state index contributed by atoms with van der Waals surface area (Å²) in [5, 5.41) is 13.0. The Morgan fingerprint density at radius 2 is 1.91 bits per heavy atom. The molecule has 0 radical (unpaired) electrons. The molecule has 108 valence electrons. The van der Waals surface area contributed by atoms with Crippen LogP contribution < -0.4 is 0 Å². The zero-order valence-corrected chi connectivity index (χ0v) is 11.8. The van der Waals surface area contributed by atoms with E-state index in [9.17, 15) is 4.39 Å². The largest absolute Gasteiger partial charge is 0.360 e. The Labute approximate surface area is 125 Å². The number of aryl methyl sites for hydroxylation is 1. The zero-order valence-electron chi connectivity index (χ0n) is 11.8. The van der Waals surface area contributed by atoms with Crippen molar-refractivity contribution in [3.05, 3.63) is 60.0 Å². The van der Waals surface area contributed by atoms with E-state index in [0.29, 0.717) is 11.5 Å². The van der Waals surface area contributed by atoms with Crippen LogP contribution >= 0.6 is 0 Å². The zero-order chi connectivity index (χ0) is 15.1. The summed E-state index contributed by atoms with van der Waals surface area (Å²) in [7, 11) is 0. The van der Waals surface area contributed by atoms with Gasteiger partial charge in [-0.3, -0.25) is 0 Å². The molecule has 5 nitrogen and oxygen atoms in total. The number of hydrogen-bond donors (Lipinski definition) is 1. The molecular formula is C16H12FN5. The highest BCUT2D eigenvalue weighted by Crippen LogP contribution is 2.28. The molecule has 0 bridgehead atoms. The van der Waals surface area contributed by atoms with Gasteiger partial charge >= 0.3 is 0 Å². The van der Waals surface area contributed by atoms with E-state index in [0.717, 1.165) is 22.0 Å². The fourth-order valence-corrected chi connectivity index (χ4v) is 2.53. The van der Waals surface area contributed by atoms with Crippen LogP contribution in [0.25, 0.3) is 28.0 Å². The number of nitrogens with zero attached hydrogens (tertiary/aromatic N) is 4. The van der Waals surface area contributed by atoms with Crippen LogP contribution in [0.4, 0.5) is 4.39 Å². The first-order chi connectivity index (χ1) is 10.7. The maximum atomic E-state index is 13.1. The van der Waals surface area contributed by atoms with Gasteiger partial charge in [-0.05, 0) is 53.7 Å². The summed E-state index contributed by atoms with van der Waals surface area (Å²) in [4.78, 5) is 3.22. The molecule has 0 amide bonds. The van der Waals surface area contributed by atoms with Gasteiger partial charge in [0.2, 0.25) is 0 Å². The Morgan fingerprint density at radius 3 is 2.73 bits per heavy atom. The lowest BCUT2D eigenvalue weighted by Crippen LogP contribution is -1.99. The predicted molar refractivity (Wildman–Crippen MR) is 81.1 cm³/mol. The van der Waals surface area contributed by atoms with Crippen molar-refractivity contribution in [1.29, 1.82) is 0 Å². The van der Waals surface area contributed by atoms with Crippen LogP contribution in [0, 0.1) is 12.7 Å². The molecule has 6 heteroatoms. The molecule has 0 saturated carbocycles. The number of fused-ring (bicyclic) bond motifs is 1. The number of rotatable bonds is 2. The number of aromatic nitrogens is 5. The van der Waals surface area contributed by atoms with Crippen molar-refractivity contribution in [3.63, 3.8) is 0 Å². The Balaban J connectivity index is 1.91. The topological polar surface area (TPSA) is 59.4 Å². The third-order valence-electron chi connectivity index (χ3n) is 3.62. The molecule has 22 heavy (non-hydrogen) atoms. The van der Waals surface area contributed by atoms with E-state index in [2.05, 4.69) is 26.6 Å². The van der Waals surface area contributed by atoms with Gasteiger partial charge in [0.15, 0.2) is 5.82 Å². The minimum Gasteiger partial charge on any atom is -0.360 e. The number of H-pyrrole nitrogens is 1. The van der Waals surface area contributed by atoms with Crippen molar-refractivity contribution in [2.75, 3.05) is 0 Å². The predicted octanol–water partition coefficient (Wildman–Crippen LogP) is 3.26. The van der Waals surface area contributed by atoms with Crippen LogP contribution in [0.5, 0.6) is 0 Å². The maximum Gasteiger partial charge on any atom is 0.189 e. The van der Waals surface area contributed by atoms with Gasteiger partial charge in [-0.2, -0.15) is 4.68 Å². The second-order valence-electron chi connectivity index (χ2n) is 5.14. The molecule has 0 spiro atoms. The molecule has 0 atom stereocenters. The van der Waals surface area contributed by atoms with Crippen molar-refractivity contribution in [1.82, 2.24) is 25.2 Å². The quantitative estimate of drug-likeness (QED) is 0.617. The highest BCUT2D eigenvalue weighted by molar-refractivity contribution is 5.94. The minimum atomic E-state index is -0.291. The van der Waals surface area contributed by atoms with E-state index >= 15 is 0 Å². The van der Waals surface area contributed by atoms with E-state index in [4.69, 9.17) is 0 Å². The summed E-state index contributed by atoms with van der Waals surface area (Å²) < 4.78 is 14.7. The first kappa shape index (κ1) is 12.7. The van der Waals surface area contributed by atoms with E-state index in [-0.39, 0.29) is 5.82 Å². The standard InChI is InChI=1S/C16H12FN5/c1-10-2-7-15-13(8-10)14(9-18-15)16-19-20-21-22(16)12-5-3-11(17)4-6-12/h2-9,18H,1H3. The third kappa shape index (κ3) is 1.96. The van der Waals surface area contributed by atoms with E-state index in [1.165, 1.54) is 12.1 Å². The third-order valence-corrected chi connectivity index (χ3v) is 3.62. The molecule has 0 saturated heterocycles. The van der Waals surface area contributed by atoms with Gasteiger partial charge in [0.25, 0.3) is 0 Å².